The van der Waals surface area contributed by atoms with Gasteiger partial charge in [-0.2, -0.15) is 5.10 Å². The van der Waals surface area contributed by atoms with Crippen LogP contribution in [-0.4, -0.2) is 22.7 Å². The fourth-order valence-corrected chi connectivity index (χ4v) is 1.90. The van der Waals surface area contributed by atoms with Gasteiger partial charge in [0.2, 0.25) is 5.91 Å². The average Bonchev–Trinajstić information content (AvgIpc) is 2.95. The molecule has 2 N–H and O–H groups in total. The lowest BCUT2D eigenvalue weighted by molar-refractivity contribution is -0.122. The summed E-state index contributed by atoms with van der Waals surface area (Å²) in [4.78, 5) is 11.8. The molecule has 0 aliphatic carbocycles. The summed E-state index contributed by atoms with van der Waals surface area (Å²) in [7, 11) is 0. The van der Waals surface area contributed by atoms with E-state index in [2.05, 4.69) is 15.5 Å². The van der Waals surface area contributed by atoms with Crippen LogP contribution in [0.5, 0.6) is 5.75 Å². The number of rotatable bonds is 6. The highest BCUT2D eigenvalue weighted by molar-refractivity contribution is 6.32. The molecule has 2 aromatic rings. The first-order valence-electron chi connectivity index (χ1n) is 6.32. The van der Waals surface area contributed by atoms with E-state index in [1.807, 2.05) is 19.1 Å². The number of carbonyl (C=O) groups excluding carboxylic acids is 1. The molecule has 1 atom stereocenters. The van der Waals surface area contributed by atoms with Crippen LogP contribution >= 0.6 is 11.6 Å². The fraction of sp³-hybridized carbons (Fsp3) is 0.286. The van der Waals surface area contributed by atoms with E-state index in [-0.39, 0.29) is 25.0 Å². The maximum atomic E-state index is 11.8. The van der Waals surface area contributed by atoms with Crippen molar-refractivity contribution in [2.45, 2.75) is 19.4 Å². The Balaban J connectivity index is 1.74. The molecule has 0 saturated carbocycles. The molecule has 1 unspecified atom stereocenters. The lowest BCUT2D eigenvalue weighted by Crippen LogP contribution is -2.27. The number of hydrogen-bond donors (Lipinski definition) is 2. The average molecular weight is 294 g/mol. The largest absolute Gasteiger partial charge is 0.491 e. The van der Waals surface area contributed by atoms with Gasteiger partial charge in [0.25, 0.3) is 0 Å². The molecule has 20 heavy (non-hydrogen) atoms. The van der Waals surface area contributed by atoms with Gasteiger partial charge in [-0.05, 0) is 19.1 Å². The number of aromatic amines is 1. The molecule has 1 heterocycles. The third-order valence-corrected chi connectivity index (χ3v) is 3.13. The number of ether oxygens (including phenoxy) is 1. The van der Waals surface area contributed by atoms with Crippen molar-refractivity contribution in [2.24, 2.45) is 0 Å². The standard InChI is InChI=1S/C14H16ClN3O2/c1-10(11-8-16-17-9-11)18-14(19)6-7-20-13-5-3-2-4-12(13)15/h2-5,8-10H,6-7H2,1H3,(H,16,17)(H,18,19). The van der Waals surface area contributed by atoms with E-state index >= 15 is 0 Å². The number of H-pyrrole nitrogens is 1. The predicted octanol–water partition coefficient (Wildman–Crippen LogP) is 2.71. The highest BCUT2D eigenvalue weighted by Crippen LogP contribution is 2.23. The molecule has 0 fully saturated rings. The van der Waals surface area contributed by atoms with Crippen LogP contribution in [0.15, 0.2) is 36.7 Å². The molecule has 1 aromatic carbocycles. The third kappa shape index (κ3) is 3.99. The van der Waals surface area contributed by atoms with E-state index in [4.69, 9.17) is 16.3 Å². The van der Waals surface area contributed by atoms with Gasteiger partial charge in [-0.3, -0.25) is 9.89 Å². The summed E-state index contributed by atoms with van der Waals surface area (Å²) in [6, 6.07) is 7.10. The predicted molar refractivity (Wildman–Crippen MR) is 76.7 cm³/mol. The molecule has 0 aliphatic heterocycles. The van der Waals surface area contributed by atoms with E-state index in [1.165, 1.54) is 0 Å². The van der Waals surface area contributed by atoms with Gasteiger partial charge in [-0.25, -0.2) is 0 Å². The zero-order chi connectivity index (χ0) is 14.4. The van der Waals surface area contributed by atoms with Gasteiger partial charge < -0.3 is 10.1 Å². The van der Waals surface area contributed by atoms with Gasteiger partial charge in [-0.1, -0.05) is 23.7 Å². The molecule has 0 spiro atoms. The summed E-state index contributed by atoms with van der Waals surface area (Å²) in [6.45, 7) is 2.19. The van der Waals surface area contributed by atoms with E-state index < -0.39 is 0 Å². The summed E-state index contributed by atoms with van der Waals surface area (Å²) >= 11 is 5.96. The van der Waals surface area contributed by atoms with Gasteiger partial charge >= 0.3 is 0 Å². The van der Waals surface area contributed by atoms with E-state index in [9.17, 15) is 4.79 Å². The number of nitrogens with one attached hydrogen (secondary N) is 2. The maximum Gasteiger partial charge on any atom is 0.223 e. The number of para-hydroxylation sites is 1. The Labute approximate surface area is 122 Å². The summed E-state index contributed by atoms with van der Waals surface area (Å²) in [5, 5.41) is 9.97. The second-order valence-electron chi connectivity index (χ2n) is 4.35. The van der Waals surface area contributed by atoms with Gasteiger partial charge in [0.15, 0.2) is 0 Å². The van der Waals surface area contributed by atoms with Crippen molar-refractivity contribution in [3.63, 3.8) is 0 Å². The quantitative estimate of drug-likeness (QED) is 0.860. The maximum absolute atomic E-state index is 11.8. The number of benzene rings is 1. The Hall–Kier alpha value is -2.01. The van der Waals surface area contributed by atoms with Crippen LogP contribution in [0.25, 0.3) is 0 Å². The fourth-order valence-electron chi connectivity index (χ4n) is 1.71. The van der Waals surface area contributed by atoms with E-state index in [1.54, 1.807) is 24.5 Å². The van der Waals surface area contributed by atoms with Crippen LogP contribution in [0.3, 0.4) is 0 Å². The Morgan fingerprint density at radius 3 is 3.00 bits per heavy atom. The monoisotopic (exact) mass is 293 g/mol. The molecule has 2 rings (SSSR count). The van der Waals surface area contributed by atoms with Crippen LogP contribution in [-0.2, 0) is 4.79 Å². The highest BCUT2D eigenvalue weighted by atomic mass is 35.5. The van der Waals surface area contributed by atoms with Crippen molar-refractivity contribution in [3.8, 4) is 5.75 Å². The molecule has 6 heteroatoms. The van der Waals surface area contributed by atoms with Crippen molar-refractivity contribution in [1.29, 1.82) is 0 Å². The Morgan fingerprint density at radius 2 is 2.30 bits per heavy atom. The minimum Gasteiger partial charge on any atom is -0.491 e. The number of carbonyl (C=O) groups is 1. The Bertz CT molecular complexity index is 557. The zero-order valence-electron chi connectivity index (χ0n) is 11.1. The molecule has 0 aliphatic rings. The smallest absolute Gasteiger partial charge is 0.223 e. The van der Waals surface area contributed by atoms with Crippen LogP contribution in [0.2, 0.25) is 5.02 Å². The summed E-state index contributed by atoms with van der Waals surface area (Å²) < 4.78 is 5.47. The minimum atomic E-state index is -0.0819. The van der Waals surface area contributed by atoms with Gasteiger partial charge in [0, 0.05) is 11.8 Å². The normalized spacial score (nSPS) is 11.9. The van der Waals surface area contributed by atoms with Crippen molar-refractivity contribution < 1.29 is 9.53 Å². The number of hydrogen-bond acceptors (Lipinski definition) is 3. The van der Waals surface area contributed by atoms with Crippen molar-refractivity contribution in [2.75, 3.05) is 6.61 Å². The number of halogens is 1. The summed E-state index contributed by atoms with van der Waals surface area (Å²) in [6.07, 6.45) is 3.71. The SMILES string of the molecule is CC(NC(=O)CCOc1ccccc1Cl)c1cn[nH]c1. The zero-order valence-corrected chi connectivity index (χ0v) is 11.9. The van der Waals surface area contributed by atoms with Crippen LogP contribution < -0.4 is 10.1 Å². The molecule has 0 bridgehead atoms. The van der Waals surface area contributed by atoms with Gasteiger partial charge in [0.1, 0.15) is 5.75 Å². The lowest BCUT2D eigenvalue weighted by Gasteiger charge is -2.12. The van der Waals surface area contributed by atoms with Crippen LogP contribution in [0.1, 0.15) is 24.9 Å². The molecule has 1 amide bonds. The molecule has 0 saturated heterocycles. The minimum absolute atomic E-state index is 0.0780. The second kappa shape index (κ2) is 6.96. The van der Waals surface area contributed by atoms with Crippen LogP contribution in [0.4, 0.5) is 0 Å². The molecule has 106 valence electrons. The Morgan fingerprint density at radius 1 is 1.50 bits per heavy atom. The van der Waals surface area contributed by atoms with Crippen LogP contribution in [0, 0.1) is 0 Å². The molecule has 0 radical (unpaired) electrons. The molecule has 1 aromatic heterocycles. The second-order valence-corrected chi connectivity index (χ2v) is 4.76. The number of nitrogens with zero attached hydrogens (tertiary/aromatic N) is 1. The van der Waals surface area contributed by atoms with Crippen molar-refractivity contribution >= 4 is 17.5 Å². The van der Waals surface area contributed by atoms with Gasteiger partial charge in [-0.15, -0.1) is 0 Å². The summed E-state index contributed by atoms with van der Waals surface area (Å²) in [5.41, 5.74) is 0.936. The molecular formula is C14H16ClN3O2. The van der Waals surface area contributed by atoms with Crippen molar-refractivity contribution in [1.82, 2.24) is 15.5 Å². The van der Waals surface area contributed by atoms with E-state index in [0.29, 0.717) is 10.8 Å². The highest BCUT2D eigenvalue weighted by Gasteiger charge is 2.10. The van der Waals surface area contributed by atoms with E-state index in [0.717, 1.165) is 5.56 Å². The number of aromatic nitrogens is 2. The first kappa shape index (κ1) is 14.4. The van der Waals surface area contributed by atoms with Crippen molar-refractivity contribution in [3.05, 3.63) is 47.2 Å². The first-order chi connectivity index (χ1) is 9.66. The first-order valence-corrected chi connectivity index (χ1v) is 6.70. The molecular weight excluding hydrogens is 278 g/mol. The number of amides is 1. The third-order valence-electron chi connectivity index (χ3n) is 2.82. The van der Waals surface area contributed by atoms with Gasteiger partial charge in [0.05, 0.1) is 30.3 Å². The lowest BCUT2D eigenvalue weighted by atomic mass is 10.2. The Kier molecular flexibility index (Phi) is 5.01. The topological polar surface area (TPSA) is 67.0 Å². The summed E-state index contributed by atoms with van der Waals surface area (Å²) in [5.74, 6) is 0.510. The molecule has 5 nitrogen and oxygen atoms in total.